The number of aryl methyl sites for hydroxylation is 1. The van der Waals surface area contributed by atoms with Gasteiger partial charge in [-0.1, -0.05) is 19.1 Å². The number of methoxy groups -OCH3 is 1. The molecule has 0 bridgehead atoms. The fourth-order valence-corrected chi connectivity index (χ4v) is 3.13. The van der Waals surface area contributed by atoms with E-state index in [1.54, 1.807) is 26.2 Å². The fraction of sp³-hybridized carbons (Fsp3) is 0.263. The van der Waals surface area contributed by atoms with Crippen LogP contribution in [0, 0.1) is 0 Å². The minimum Gasteiger partial charge on any atom is -0.497 e. The molecule has 1 aromatic heterocycles. The van der Waals surface area contributed by atoms with Crippen molar-refractivity contribution in [3.05, 3.63) is 52.4 Å². The maximum atomic E-state index is 12.2. The lowest BCUT2D eigenvalue weighted by molar-refractivity contribution is -0.111. The van der Waals surface area contributed by atoms with Gasteiger partial charge in [0.05, 0.1) is 19.3 Å². The number of rotatable bonds is 7. The summed E-state index contributed by atoms with van der Waals surface area (Å²) in [6, 6.07) is 9.15. The number of thiophene rings is 1. The predicted molar refractivity (Wildman–Crippen MR) is 100 cm³/mol. The van der Waals surface area contributed by atoms with E-state index in [4.69, 9.17) is 9.47 Å². The van der Waals surface area contributed by atoms with E-state index in [9.17, 15) is 9.59 Å². The van der Waals surface area contributed by atoms with Gasteiger partial charge in [0.1, 0.15) is 10.8 Å². The SMILES string of the molecule is CCOC(=O)c1cc(CC)sc1NC(=O)/C=C/c1cccc(OC)c1. The Morgan fingerprint density at radius 2 is 2.04 bits per heavy atom. The van der Waals surface area contributed by atoms with Gasteiger partial charge in [-0.25, -0.2) is 4.79 Å². The quantitative estimate of drug-likeness (QED) is 0.596. The summed E-state index contributed by atoms with van der Waals surface area (Å²) in [7, 11) is 1.59. The summed E-state index contributed by atoms with van der Waals surface area (Å²) in [4.78, 5) is 25.2. The second kappa shape index (κ2) is 9.03. The lowest BCUT2D eigenvalue weighted by atomic mass is 10.2. The normalized spacial score (nSPS) is 10.7. The highest BCUT2D eigenvalue weighted by Gasteiger charge is 2.17. The molecule has 0 saturated carbocycles. The molecule has 132 valence electrons. The molecule has 0 unspecified atom stereocenters. The largest absolute Gasteiger partial charge is 0.497 e. The van der Waals surface area contributed by atoms with E-state index >= 15 is 0 Å². The van der Waals surface area contributed by atoms with Crippen molar-refractivity contribution in [2.75, 3.05) is 19.0 Å². The summed E-state index contributed by atoms with van der Waals surface area (Å²) in [5.41, 5.74) is 1.24. The number of anilines is 1. The van der Waals surface area contributed by atoms with Crippen LogP contribution in [-0.2, 0) is 16.0 Å². The van der Waals surface area contributed by atoms with Crippen LogP contribution in [0.15, 0.2) is 36.4 Å². The summed E-state index contributed by atoms with van der Waals surface area (Å²) < 4.78 is 10.2. The second-order valence-electron chi connectivity index (χ2n) is 5.13. The highest BCUT2D eigenvalue weighted by molar-refractivity contribution is 7.16. The van der Waals surface area contributed by atoms with Gasteiger partial charge in [-0.15, -0.1) is 11.3 Å². The van der Waals surface area contributed by atoms with Gasteiger partial charge in [-0.3, -0.25) is 4.79 Å². The number of hydrogen-bond acceptors (Lipinski definition) is 5. The number of esters is 1. The van der Waals surface area contributed by atoms with Gasteiger partial charge in [0.2, 0.25) is 5.91 Å². The summed E-state index contributed by atoms with van der Waals surface area (Å²) >= 11 is 1.38. The molecular formula is C19H21NO4S. The molecule has 0 atom stereocenters. The van der Waals surface area contributed by atoms with Crippen LogP contribution >= 0.6 is 11.3 Å². The van der Waals surface area contributed by atoms with E-state index in [-0.39, 0.29) is 5.91 Å². The third kappa shape index (κ3) is 5.19. The first-order valence-electron chi connectivity index (χ1n) is 8.00. The molecule has 1 heterocycles. The maximum absolute atomic E-state index is 12.2. The summed E-state index contributed by atoms with van der Waals surface area (Å²) in [5, 5.41) is 3.27. The average molecular weight is 359 g/mol. The Balaban J connectivity index is 2.12. The van der Waals surface area contributed by atoms with E-state index in [0.717, 1.165) is 22.6 Å². The van der Waals surface area contributed by atoms with Gasteiger partial charge in [0.25, 0.3) is 0 Å². The van der Waals surface area contributed by atoms with Crippen molar-refractivity contribution in [2.45, 2.75) is 20.3 Å². The number of carbonyl (C=O) groups is 2. The summed E-state index contributed by atoms with van der Waals surface area (Å²) in [5.74, 6) is -0.0126. The summed E-state index contributed by atoms with van der Waals surface area (Å²) in [6.07, 6.45) is 3.90. The Hall–Kier alpha value is -2.60. The topological polar surface area (TPSA) is 64.6 Å². The van der Waals surface area contributed by atoms with Gasteiger partial charge in [0.15, 0.2) is 0 Å². The van der Waals surface area contributed by atoms with E-state index < -0.39 is 5.97 Å². The minimum absolute atomic E-state index is 0.291. The smallest absolute Gasteiger partial charge is 0.341 e. The zero-order valence-corrected chi connectivity index (χ0v) is 15.3. The van der Waals surface area contributed by atoms with Crippen LogP contribution in [0.25, 0.3) is 6.08 Å². The van der Waals surface area contributed by atoms with Crippen LogP contribution in [-0.4, -0.2) is 25.6 Å². The Morgan fingerprint density at radius 1 is 1.24 bits per heavy atom. The van der Waals surface area contributed by atoms with Crippen molar-refractivity contribution >= 4 is 34.3 Å². The molecule has 5 nitrogen and oxygen atoms in total. The number of ether oxygens (including phenoxy) is 2. The van der Waals surface area contributed by atoms with Crippen molar-refractivity contribution in [2.24, 2.45) is 0 Å². The maximum Gasteiger partial charge on any atom is 0.341 e. The zero-order valence-electron chi connectivity index (χ0n) is 14.5. The lowest BCUT2D eigenvalue weighted by Crippen LogP contribution is -2.11. The van der Waals surface area contributed by atoms with Crippen LogP contribution in [0.4, 0.5) is 5.00 Å². The molecule has 0 spiro atoms. The molecule has 1 aromatic carbocycles. The minimum atomic E-state index is -0.425. The highest BCUT2D eigenvalue weighted by atomic mass is 32.1. The van der Waals surface area contributed by atoms with Gasteiger partial charge >= 0.3 is 5.97 Å². The lowest BCUT2D eigenvalue weighted by Gasteiger charge is -2.04. The van der Waals surface area contributed by atoms with Gasteiger partial charge < -0.3 is 14.8 Å². The molecule has 0 aliphatic rings. The van der Waals surface area contributed by atoms with Gasteiger partial charge in [-0.05, 0) is 43.2 Å². The van der Waals surface area contributed by atoms with E-state index in [2.05, 4.69) is 5.32 Å². The van der Waals surface area contributed by atoms with Crippen molar-refractivity contribution < 1.29 is 19.1 Å². The molecular weight excluding hydrogens is 338 g/mol. The molecule has 2 rings (SSSR count). The standard InChI is InChI=1S/C19H21NO4S/c1-4-15-12-16(19(22)24-5-2)18(25-15)20-17(21)10-9-13-7-6-8-14(11-13)23-3/h6-12H,4-5H2,1-3H3,(H,20,21)/b10-9+. The van der Waals surface area contributed by atoms with Crippen molar-refractivity contribution in [1.29, 1.82) is 0 Å². The molecule has 0 aliphatic heterocycles. The van der Waals surface area contributed by atoms with Crippen LogP contribution < -0.4 is 10.1 Å². The first kappa shape index (κ1) is 18.7. The molecule has 1 N–H and O–H groups in total. The van der Waals surface area contributed by atoms with E-state index in [1.807, 2.05) is 31.2 Å². The third-order valence-electron chi connectivity index (χ3n) is 3.38. The molecule has 6 heteroatoms. The Bertz CT molecular complexity index is 779. The Kier molecular flexibility index (Phi) is 6.77. The predicted octanol–water partition coefficient (Wildman–Crippen LogP) is 4.15. The Morgan fingerprint density at radius 3 is 2.72 bits per heavy atom. The number of benzene rings is 1. The number of hydrogen-bond donors (Lipinski definition) is 1. The van der Waals surface area contributed by atoms with E-state index in [1.165, 1.54) is 17.4 Å². The monoisotopic (exact) mass is 359 g/mol. The molecule has 0 radical (unpaired) electrons. The first-order valence-corrected chi connectivity index (χ1v) is 8.82. The van der Waals surface area contributed by atoms with Gasteiger partial charge in [0, 0.05) is 11.0 Å². The van der Waals surface area contributed by atoms with Crippen LogP contribution in [0.3, 0.4) is 0 Å². The van der Waals surface area contributed by atoms with Crippen molar-refractivity contribution in [3.8, 4) is 5.75 Å². The molecule has 0 aliphatic carbocycles. The molecule has 1 amide bonds. The zero-order chi connectivity index (χ0) is 18.2. The number of nitrogens with one attached hydrogen (secondary N) is 1. The Labute approximate surface area is 151 Å². The van der Waals surface area contributed by atoms with Crippen molar-refractivity contribution in [1.82, 2.24) is 0 Å². The molecule has 0 saturated heterocycles. The third-order valence-corrected chi connectivity index (χ3v) is 4.58. The van der Waals surface area contributed by atoms with E-state index in [0.29, 0.717) is 17.2 Å². The molecule has 25 heavy (non-hydrogen) atoms. The fourth-order valence-electron chi connectivity index (χ4n) is 2.14. The second-order valence-corrected chi connectivity index (χ2v) is 6.27. The van der Waals surface area contributed by atoms with Gasteiger partial charge in [-0.2, -0.15) is 0 Å². The number of carbonyl (C=O) groups excluding carboxylic acids is 2. The average Bonchev–Trinajstić information content (AvgIpc) is 3.03. The highest BCUT2D eigenvalue weighted by Crippen LogP contribution is 2.29. The van der Waals surface area contributed by atoms with Crippen molar-refractivity contribution in [3.63, 3.8) is 0 Å². The van der Waals surface area contributed by atoms with Crippen LogP contribution in [0.2, 0.25) is 0 Å². The van der Waals surface area contributed by atoms with Crippen LogP contribution in [0.1, 0.15) is 34.6 Å². The number of amides is 1. The summed E-state index contributed by atoms with van der Waals surface area (Å²) in [6.45, 7) is 4.04. The molecule has 2 aromatic rings. The first-order chi connectivity index (χ1) is 12.1. The van der Waals surface area contributed by atoms with Crippen LogP contribution in [0.5, 0.6) is 5.75 Å². The molecule has 0 fully saturated rings.